The van der Waals surface area contributed by atoms with Crippen molar-refractivity contribution < 1.29 is 9.53 Å². The number of hydrogen-bond acceptors (Lipinski definition) is 2. The van der Waals surface area contributed by atoms with E-state index in [0.717, 1.165) is 6.42 Å². The molecule has 2 nitrogen and oxygen atoms in total. The first-order chi connectivity index (χ1) is 6.92. The summed E-state index contributed by atoms with van der Waals surface area (Å²) in [4.78, 5) is 11.9. The molecule has 0 saturated carbocycles. The SMILES string of the molecule is CC(CC(C)(C)C)C(C)C(=O)OC(C)(C)C. The van der Waals surface area contributed by atoms with Gasteiger partial charge >= 0.3 is 5.97 Å². The molecule has 0 rings (SSSR count). The third-order valence-electron chi connectivity index (χ3n) is 2.57. The van der Waals surface area contributed by atoms with Crippen molar-refractivity contribution in [3.8, 4) is 0 Å². The molecule has 0 aliphatic heterocycles. The van der Waals surface area contributed by atoms with Gasteiger partial charge in [0, 0.05) is 0 Å². The smallest absolute Gasteiger partial charge is 0.309 e. The van der Waals surface area contributed by atoms with Gasteiger partial charge in [0.25, 0.3) is 0 Å². The van der Waals surface area contributed by atoms with E-state index in [2.05, 4.69) is 27.7 Å². The molecule has 0 saturated heterocycles. The minimum absolute atomic E-state index is 0.0292. The van der Waals surface area contributed by atoms with E-state index in [1.165, 1.54) is 0 Å². The van der Waals surface area contributed by atoms with Crippen molar-refractivity contribution in [2.24, 2.45) is 17.3 Å². The van der Waals surface area contributed by atoms with E-state index in [1.807, 2.05) is 27.7 Å². The Labute approximate surface area is 101 Å². The van der Waals surface area contributed by atoms with Crippen LogP contribution in [-0.4, -0.2) is 11.6 Å². The molecular weight excluding hydrogens is 200 g/mol. The van der Waals surface area contributed by atoms with Crippen molar-refractivity contribution in [3.05, 3.63) is 0 Å². The van der Waals surface area contributed by atoms with Gasteiger partial charge in [0.1, 0.15) is 5.60 Å². The maximum atomic E-state index is 11.9. The molecule has 0 aliphatic rings. The number of ether oxygens (including phenoxy) is 1. The Kier molecular flexibility index (Phi) is 5.03. The zero-order valence-corrected chi connectivity index (χ0v) is 12.2. The Morgan fingerprint density at radius 2 is 1.50 bits per heavy atom. The summed E-state index contributed by atoms with van der Waals surface area (Å²) in [7, 11) is 0. The fraction of sp³-hybridized carbons (Fsp3) is 0.929. The lowest BCUT2D eigenvalue weighted by atomic mass is 9.80. The van der Waals surface area contributed by atoms with E-state index in [1.54, 1.807) is 0 Å². The predicted molar refractivity (Wildman–Crippen MR) is 68.2 cm³/mol. The predicted octanol–water partition coefficient (Wildman–Crippen LogP) is 4.04. The Bertz CT molecular complexity index is 230. The van der Waals surface area contributed by atoms with E-state index < -0.39 is 0 Å². The van der Waals surface area contributed by atoms with Crippen molar-refractivity contribution >= 4 is 5.97 Å². The molecule has 2 atom stereocenters. The van der Waals surface area contributed by atoms with E-state index in [-0.39, 0.29) is 22.9 Å². The van der Waals surface area contributed by atoms with Crippen LogP contribution in [0.15, 0.2) is 0 Å². The molecule has 0 N–H and O–H groups in total. The first-order valence-electron chi connectivity index (χ1n) is 6.15. The molecule has 0 fully saturated rings. The molecule has 0 bridgehead atoms. The van der Waals surface area contributed by atoms with E-state index in [0.29, 0.717) is 5.92 Å². The molecule has 2 heteroatoms. The monoisotopic (exact) mass is 228 g/mol. The molecule has 2 unspecified atom stereocenters. The van der Waals surface area contributed by atoms with E-state index >= 15 is 0 Å². The summed E-state index contributed by atoms with van der Waals surface area (Å²) in [5.41, 5.74) is -0.123. The van der Waals surface area contributed by atoms with Crippen LogP contribution in [0.25, 0.3) is 0 Å². The molecule has 0 aliphatic carbocycles. The van der Waals surface area contributed by atoms with Crippen LogP contribution in [0.4, 0.5) is 0 Å². The fourth-order valence-corrected chi connectivity index (χ4v) is 1.77. The molecule has 0 amide bonds. The van der Waals surface area contributed by atoms with Crippen LogP contribution in [0.2, 0.25) is 0 Å². The highest BCUT2D eigenvalue weighted by atomic mass is 16.6. The van der Waals surface area contributed by atoms with Gasteiger partial charge in [-0.2, -0.15) is 0 Å². The minimum Gasteiger partial charge on any atom is -0.460 e. The summed E-state index contributed by atoms with van der Waals surface area (Å²) in [6, 6.07) is 0. The Balaban J connectivity index is 4.34. The van der Waals surface area contributed by atoms with Gasteiger partial charge in [-0.1, -0.05) is 34.6 Å². The van der Waals surface area contributed by atoms with Crippen LogP contribution in [0, 0.1) is 17.3 Å². The van der Waals surface area contributed by atoms with Crippen LogP contribution in [-0.2, 0) is 9.53 Å². The van der Waals surface area contributed by atoms with Gasteiger partial charge in [-0.05, 0) is 38.5 Å². The van der Waals surface area contributed by atoms with E-state index in [4.69, 9.17) is 4.74 Å². The van der Waals surface area contributed by atoms with Crippen LogP contribution in [0.5, 0.6) is 0 Å². The first kappa shape index (κ1) is 15.5. The molecule has 0 spiro atoms. The van der Waals surface area contributed by atoms with Crippen molar-refractivity contribution in [2.45, 2.75) is 67.4 Å². The molecule has 16 heavy (non-hydrogen) atoms. The summed E-state index contributed by atoms with van der Waals surface area (Å²) in [6.45, 7) is 16.4. The average molecular weight is 228 g/mol. The van der Waals surface area contributed by atoms with Crippen LogP contribution in [0.1, 0.15) is 61.8 Å². The largest absolute Gasteiger partial charge is 0.460 e. The number of rotatable bonds is 3. The molecule has 0 aromatic carbocycles. The molecule has 0 aromatic heterocycles. The normalized spacial score (nSPS) is 16.8. The standard InChI is InChI=1S/C14H28O2/c1-10(9-13(3,4)5)11(2)12(15)16-14(6,7)8/h10-11H,9H2,1-8H3. The highest BCUT2D eigenvalue weighted by Gasteiger charge is 2.28. The van der Waals surface area contributed by atoms with Crippen molar-refractivity contribution in [1.82, 2.24) is 0 Å². The molecule has 0 radical (unpaired) electrons. The second-order valence-corrected chi connectivity index (χ2v) is 7.06. The van der Waals surface area contributed by atoms with Crippen molar-refractivity contribution in [3.63, 3.8) is 0 Å². The van der Waals surface area contributed by atoms with E-state index in [9.17, 15) is 4.79 Å². The lowest BCUT2D eigenvalue weighted by molar-refractivity contribution is -0.161. The minimum atomic E-state index is -0.382. The number of hydrogen-bond donors (Lipinski definition) is 0. The maximum absolute atomic E-state index is 11.9. The Hall–Kier alpha value is -0.530. The second kappa shape index (κ2) is 5.20. The van der Waals surface area contributed by atoms with Crippen molar-refractivity contribution in [1.29, 1.82) is 0 Å². The zero-order chi connectivity index (χ0) is 13.1. The Morgan fingerprint density at radius 1 is 1.06 bits per heavy atom. The van der Waals surface area contributed by atoms with Crippen molar-refractivity contribution in [2.75, 3.05) is 0 Å². The summed E-state index contributed by atoms with van der Waals surface area (Å²) < 4.78 is 5.40. The van der Waals surface area contributed by atoms with Gasteiger partial charge in [-0.15, -0.1) is 0 Å². The summed E-state index contributed by atoms with van der Waals surface area (Å²) in [6.07, 6.45) is 1.04. The van der Waals surface area contributed by atoms with Gasteiger partial charge in [0.15, 0.2) is 0 Å². The zero-order valence-electron chi connectivity index (χ0n) is 12.2. The average Bonchev–Trinajstić information content (AvgIpc) is 1.96. The quantitative estimate of drug-likeness (QED) is 0.681. The second-order valence-electron chi connectivity index (χ2n) is 7.06. The van der Waals surface area contributed by atoms with Gasteiger partial charge in [-0.25, -0.2) is 0 Å². The summed E-state index contributed by atoms with van der Waals surface area (Å²) >= 11 is 0. The fourth-order valence-electron chi connectivity index (χ4n) is 1.77. The maximum Gasteiger partial charge on any atom is 0.309 e. The lowest BCUT2D eigenvalue weighted by Gasteiger charge is -2.29. The summed E-state index contributed by atoms with van der Waals surface area (Å²) in [5.74, 6) is 0.248. The Morgan fingerprint density at radius 3 is 1.81 bits per heavy atom. The van der Waals surface area contributed by atoms with Crippen LogP contribution >= 0.6 is 0 Å². The lowest BCUT2D eigenvalue weighted by Crippen LogP contribution is -2.31. The highest BCUT2D eigenvalue weighted by molar-refractivity contribution is 5.72. The number of esters is 1. The topological polar surface area (TPSA) is 26.3 Å². The van der Waals surface area contributed by atoms with Gasteiger partial charge in [0.2, 0.25) is 0 Å². The van der Waals surface area contributed by atoms with Crippen LogP contribution < -0.4 is 0 Å². The van der Waals surface area contributed by atoms with Crippen LogP contribution in [0.3, 0.4) is 0 Å². The summed E-state index contributed by atoms with van der Waals surface area (Å²) in [5, 5.41) is 0. The molecule has 96 valence electrons. The van der Waals surface area contributed by atoms with Gasteiger partial charge in [-0.3, -0.25) is 4.79 Å². The van der Waals surface area contributed by atoms with Gasteiger partial charge < -0.3 is 4.74 Å². The number of carbonyl (C=O) groups is 1. The molecule has 0 heterocycles. The van der Waals surface area contributed by atoms with Gasteiger partial charge in [0.05, 0.1) is 5.92 Å². The molecule has 0 aromatic rings. The first-order valence-corrected chi connectivity index (χ1v) is 6.15. The molecular formula is C14H28O2. The number of carbonyl (C=O) groups excluding carboxylic acids is 1. The third-order valence-corrected chi connectivity index (χ3v) is 2.57. The highest BCUT2D eigenvalue weighted by Crippen LogP contribution is 2.29. The third kappa shape index (κ3) is 6.86.